The minimum absolute atomic E-state index is 0.0552. The van der Waals surface area contributed by atoms with E-state index in [0.29, 0.717) is 19.1 Å². The molecule has 0 aliphatic heterocycles. The summed E-state index contributed by atoms with van der Waals surface area (Å²) in [7, 11) is 0. The minimum atomic E-state index is 0.0552. The molecule has 0 unspecified atom stereocenters. The highest BCUT2D eigenvalue weighted by atomic mass is 16.2. The first-order valence-electron chi connectivity index (χ1n) is 7.56. The SMILES string of the molecule is CCN(CC(=O)Nc1ccccc1CN)C1CCCC1. The highest BCUT2D eigenvalue weighted by Gasteiger charge is 2.23. The summed E-state index contributed by atoms with van der Waals surface area (Å²) in [5.41, 5.74) is 7.50. The van der Waals surface area contributed by atoms with E-state index in [1.165, 1.54) is 25.7 Å². The number of nitrogens with zero attached hydrogens (tertiary/aromatic N) is 1. The van der Waals surface area contributed by atoms with Gasteiger partial charge in [0.25, 0.3) is 0 Å². The van der Waals surface area contributed by atoms with Gasteiger partial charge in [-0.3, -0.25) is 9.69 Å². The van der Waals surface area contributed by atoms with E-state index in [9.17, 15) is 4.79 Å². The first-order valence-corrected chi connectivity index (χ1v) is 7.56. The second-order valence-electron chi connectivity index (χ2n) is 5.41. The van der Waals surface area contributed by atoms with Gasteiger partial charge in [-0.15, -0.1) is 0 Å². The number of nitrogens with one attached hydrogen (secondary N) is 1. The van der Waals surface area contributed by atoms with Gasteiger partial charge < -0.3 is 11.1 Å². The molecule has 20 heavy (non-hydrogen) atoms. The lowest BCUT2D eigenvalue weighted by atomic mass is 10.1. The summed E-state index contributed by atoms with van der Waals surface area (Å²) in [6.45, 7) is 3.96. The van der Waals surface area contributed by atoms with Crippen LogP contribution in [-0.4, -0.2) is 29.9 Å². The fourth-order valence-electron chi connectivity index (χ4n) is 2.96. The zero-order valence-electron chi connectivity index (χ0n) is 12.3. The van der Waals surface area contributed by atoms with Crippen molar-refractivity contribution >= 4 is 11.6 Å². The van der Waals surface area contributed by atoms with Crippen molar-refractivity contribution in [2.45, 2.75) is 45.2 Å². The Hall–Kier alpha value is -1.39. The molecule has 0 radical (unpaired) electrons. The second-order valence-corrected chi connectivity index (χ2v) is 5.41. The molecule has 1 saturated carbocycles. The van der Waals surface area contributed by atoms with Gasteiger partial charge in [-0.1, -0.05) is 38.0 Å². The summed E-state index contributed by atoms with van der Waals surface area (Å²) in [4.78, 5) is 14.5. The van der Waals surface area contributed by atoms with E-state index < -0.39 is 0 Å². The van der Waals surface area contributed by atoms with Crippen LogP contribution in [0.15, 0.2) is 24.3 Å². The van der Waals surface area contributed by atoms with Crippen LogP contribution in [0, 0.1) is 0 Å². The summed E-state index contributed by atoms with van der Waals surface area (Å²) in [6.07, 6.45) is 5.03. The van der Waals surface area contributed by atoms with Crippen LogP contribution >= 0.6 is 0 Å². The number of rotatable bonds is 6. The average Bonchev–Trinajstić information content (AvgIpc) is 2.99. The van der Waals surface area contributed by atoms with Crippen molar-refractivity contribution in [1.82, 2.24) is 4.90 Å². The molecule has 1 aliphatic carbocycles. The number of carbonyl (C=O) groups is 1. The quantitative estimate of drug-likeness (QED) is 0.838. The zero-order chi connectivity index (χ0) is 14.4. The first kappa shape index (κ1) is 15.0. The Morgan fingerprint density at radius 2 is 2.05 bits per heavy atom. The Morgan fingerprint density at radius 1 is 1.35 bits per heavy atom. The molecule has 0 saturated heterocycles. The molecule has 1 aromatic rings. The summed E-state index contributed by atoms with van der Waals surface area (Å²) in [6, 6.07) is 8.30. The Bertz CT molecular complexity index is 441. The number of carbonyl (C=O) groups excluding carboxylic acids is 1. The highest BCUT2D eigenvalue weighted by Crippen LogP contribution is 2.23. The maximum Gasteiger partial charge on any atom is 0.238 e. The molecule has 0 spiro atoms. The molecule has 1 aromatic carbocycles. The third-order valence-electron chi connectivity index (χ3n) is 4.11. The number of amides is 1. The third-order valence-corrected chi connectivity index (χ3v) is 4.11. The molecule has 4 nitrogen and oxygen atoms in total. The van der Waals surface area contributed by atoms with Crippen molar-refractivity contribution in [1.29, 1.82) is 0 Å². The summed E-state index contributed by atoms with van der Waals surface area (Å²) < 4.78 is 0. The van der Waals surface area contributed by atoms with Crippen LogP contribution in [0.4, 0.5) is 5.69 Å². The molecular weight excluding hydrogens is 250 g/mol. The van der Waals surface area contributed by atoms with Crippen molar-refractivity contribution in [3.63, 3.8) is 0 Å². The van der Waals surface area contributed by atoms with Crippen molar-refractivity contribution < 1.29 is 4.79 Å². The fraction of sp³-hybridized carbons (Fsp3) is 0.562. The summed E-state index contributed by atoms with van der Waals surface area (Å²) >= 11 is 0. The molecule has 4 heteroatoms. The van der Waals surface area contributed by atoms with E-state index in [4.69, 9.17) is 5.73 Å². The van der Waals surface area contributed by atoms with E-state index >= 15 is 0 Å². The van der Waals surface area contributed by atoms with Gasteiger partial charge in [0.2, 0.25) is 5.91 Å². The van der Waals surface area contributed by atoms with Crippen LogP contribution in [0.1, 0.15) is 38.2 Å². The molecular formula is C16H25N3O. The summed E-state index contributed by atoms with van der Waals surface area (Å²) in [5, 5.41) is 2.99. The average molecular weight is 275 g/mol. The van der Waals surface area contributed by atoms with Gasteiger partial charge in [0.15, 0.2) is 0 Å². The van der Waals surface area contributed by atoms with Crippen LogP contribution in [0.25, 0.3) is 0 Å². The Morgan fingerprint density at radius 3 is 2.70 bits per heavy atom. The molecule has 1 amide bonds. The van der Waals surface area contributed by atoms with Crippen LogP contribution in [-0.2, 0) is 11.3 Å². The van der Waals surface area contributed by atoms with E-state index in [1.54, 1.807) is 0 Å². The largest absolute Gasteiger partial charge is 0.326 e. The molecule has 0 atom stereocenters. The summed E-state index contributed by atoms with van der Waals surface area (Å²) in [5.74, 6) is 0.0552. The maximum atomic E-state index is 12.2. The highest BCUT2D eigenvalue weighted by molar-refractivity contribution is 5.93. The van der Waals surface area contributed by atoms with Crippen molar-refractivity contribution in [3.05, 3.63) is 29.8 Å². The molecule has 0 heterocycles. The van der Waals surface area contributed by atoms with Gasteiger partial charge >= 0.3 is 0 Å². The van der Waals surface area contributed by atoms with Crippen molar-refractivity contribution in [2.75, 3.05) is 18.4 Å². The number of hydrogen-bond donors (Lipinski definition) is 2. The van der Waals surface area contributed by atoms with Gasteiger partial charge in [0.05, 0.1) is 6.54 Å². The Labute approximate surface area is 121 Å². The third kappa shape index (κ3) is 3.81. The molecule has 3 N–H and O–H groups in total. The number of hydrogen-bond acceptors (Lipinski definition) is 3. The Balaban J connectivity index is 1.93. The zero-order valence-corrected chi connectivity index (χ0v) is 12.3. The number of nitrogens with two attached hydrogens (primary N) is 1. The van der Waals surface area contributed by atoms with Crippen molar-refractivity contribution in [3.8, 4) is 0 Å². The number of benzene rings is 1. The van der Waals surface area contributed by atoms with Gasteiger partial charge in [-0.05, 0) is 31.0 Å². The van der Waals surface area contributed by atoms with Gasteiger partial charge in [0.1, 0.15) is 0 Å². The van der Waals surface area contributed by atoms with E-state index in [2.05, 4.69) is 17.1 Å². The lowest BCUT2D eigenvalue weighted by Crippen LogP contribution is -2.39. The van der Waals surface area contributed by atoms with Crippen LogP contribution in [0.3, 0.4) is 0 Å². The maximum absolute atomic E-state index is 12.2. The van der Waals surface area contributed by atoms with Crippen LogP contribution < -0.4 is 11.1 Å². The molecule has 0 aromatic heterocycles. The molecule has 1 aliphatic rings. The van der Waals surface area contributed by atoms with Crippen LogP contribution in [0.5, 0.6) is 0 Å². The first-order chi connectivity index (χ1) is 9.74. The smallest absolute Gasteiger partial charge is 0.238 e. The normalized spacial score (nSPS) is 15.8. The molecule has 110 valence electrons. The number of para-hydroxylation sites is 1. The minimum Gasteiger partial charge on any atom is -0.326 e. The number of anilines is 1. The van der Waals surface area contributed by atoms with Gasteiger partial charge in [-0.2, -0.15) is 0 Å². The molecule has 2 rings (SSSR count). The topological polar surface area (TPSA) is 58.4 Å². The van der Waals surface area contributed by atoms with E-state index in [1.807, 2.05) is 24.3 Å². The molecule has 1 fully saturated rings. The lowest BCUT2D eigenvalue weighted by Gasteiger charge is -2.26. The van der Waals surface area contributed by atoms with Crippen LogP contribution in [0.2, 0.25) is 0 Å². The van der Waals surface area contributed by atoms with Gasteiger partial charge in [0, 0.05) is 18.3 Å². The van der Waals surface area contributed by atoms with Gasteiger partial charge in [-0.25, -0.2) is 0 Å². The predicted octanol–water partition coefficient (Wildman–Crippen LogP) is 2.35. The lowest BCUT2D eigenvalue weighted by molar-refractivity contribution is -0.117. The fourth-order valence-corrected chi connectivity index (χ4v) is 2.96. The standard InChI is InChI=1S/C16H25N3O/c1-2-19(14-8-4-5-9-14)12-16(20)18-15-10-6-3-7-13(15)11-17/h3,6-7,10,14H,2,4-5,8-9,11-12,17H2,1H3,(H,18,20). The predicted molar refractivity (Wildman–Crippen MR) is 82.5 cm³/mol. The monoisotopic (exact) mass is 275 g/mol. The van der Waals surface area contributed by atoms with E-state index in [-0.39, 0.29) is 5.91 Å². The molecule has 0 bridgehead atoms. The van der Waals surface area contributed by atoms with Crippen molar-refractivity contribution in [2.24, 2.45) is 5.73 Å². The second kappa shape index (κ2) is 7.41. The Kier molecular flexibility index (Phi) is 5.56. The van der Waals surface area contributed by atoms with E-state index in [0.717, 1.165) is 17.8 Å². The number of likely N-dealkylation sites (N-methyl/N-ethyl adjacent to an activating group) is 1.